The molecule has 1 fully saturated rings. The van der Waals surface area contributed by atoms with Crippen molar-refractivity contribution in [1.82, 2.24) is 20.9 Å². The number of anilines is 1. The minimum Gasteiger partial charge on any atom is -0.353 e. The first-order valence-corrected chi connectivity index (χ1v) is 12.1. The van der Waals surface area contributed by atoms with Gasteiger partial charge < -0.3 is 21.3 Å². The monoisotopic (exact) mass is 471 g/mol. The first kappa shape index (κ1) is 24.4. The average Bonchev–Trinajstić information content (AvgIpc) is 2.90. The molecule has 182 valence electrons. The molecule has 1 aliphatic rings. The van der Waals surface area contributed by atoms with Crippen LogP contribution in [-0.4, -0.2) is 62.1 Å². The summed E-state index contributed by atoms with van der Waals surface area (Å²) in [5.74, 6) is -0.182. The van der Waals surface area contributed by atoms with Crippen molar-refractivity contribution < 1.29 is 9.59 Å². The molecule has 0 spiro atoms. The molecule has 1 heterocycles. The van der Waals surface area contributed by atoms with Gasteiger partial charge in [-0.15, -0.1) is 0 Å². The van der Waals surface area contributed by atoms with E-state index in [4.69, 9.17) is 0 Å². The number of piperazine rings is 1. The van der Waals surface area contributed by atoms with E-state index in [-0.39, 0.29) is 5.91 Å². The fourth-order valence-electron chi connectivity index (χ4n) is 4.16. The molecule has 35 heavy (non-hydrogen) atoms. The Morgan fingerprint density at radius 3 is 2.14 bits per heavy atom. The van der Waals surface area contributed by atoms with Gasteiger partial charge in [-0.2, -0.15) is 0 Å². The summed E-state index contributed by atoms with van der Waals surface area (Å²) in [5, 5.41) is 12.0. The normalized spacial score (nSPS) is 14.6. The molecule has 7 heteroatoms. The third-order valence-electron chi connectivity index (χ3n) is 6.09. The lowest BCUT2D eigenvalue weighted by Crippen LogP contribution is -2.51. The number of carbonyl (C=O) groups is 2. The summed E-state index contributed by atoms with van der Waals surface area (Å²) in [4.78, 5) is 28.1. The van der Waals surface area contributed by atoms with Crippen LogP contribution < -0.4 is 21.3 Å². The minimum atomic E-state index is -0.677. The lowest BCUT2D eigenvalue weighted by Gasteiger charge is -2.27. The first-order chi connectivity index (χ1) is 17.2. The van der Waals surface area contributed by atoms with Crippen molar-refractivity contribution in [3.05, 3.63) is 90.5 Å². The second-order valence-corrected chi connectivity index (χ2v) is 8.67. The van der Waals surface area contributed by atoms with Gasteiger partial charge in [0, 0.05) is 51.4 Å². The Hall–Kier alpha value is -3.68. The highest BCUT2D eigenvalue weighted by Gasteiger charge is 2.21. The molecule has 3 amide bonds. The Morgan fingerprint density at radius 2 is 1.46 bits per heavy atom. The molecule has 3 aromatic rings. The summed E-state index contributed by atoms with van der Waals surface area (Å²) < 4.78 is 0. The smallest absolute Gasteiger partial charge is 0.319 e. The van der Waals surface area contributed by atoms with E-state index in [1.165, 1.54) is 0 Å². The number of carbonyl (C=O) groups excluding carboxylic acids is 2. The molecule has 1 saturated heterocycles. The van der Waals surface area contributed by atoms with E-state index in [1.807, 2.05) is 84.9 Å². The van der Waals surface area contributed by atoms with Crippen molar-refractivity contribution in [1.29, 1.82) is 0 Å². The van der Waals surface area contributed by atoms with Gasteiger partial charge in [0.2, 0.25) is 5.91 Å². The molecule has 4 rings (SSSR count). The Morgan fingerprint density at radius 1 is 0.829 bits per heavy atom. The van der Waals surface area contributed by atoms with Gasteiger partial charge in [0.25, 0.3) is 0 Å². The molecule has 4 N–H and O–H groups in total. The predicted molar refractivity (Wildman–Crippen MR) is 140 cm³/mol. The van der Waals surface area contributed by atoms with Crippen LogP contribution >= 0.6 is 0 Å². The molecule has 0 saturated carbocycles. The van der Waals surface area contributed by atoms with Crippen molar-refractivity contribution in [2.24, 2.45) is 0 Å². The van der Waals surface area contributed by atoms with Crippen molar-refractivity contribution in [3.63, 3.8) is 0 Å². The van der Waals surface area contributed by atoms with E-state index in [9.17, 15) is 9.59 Å². The van der Waals surface area contributed by atoms with Crippen LogP contribution in [-0.2, 0) is 11.2 Å². The topological polar surface area (TPSA) is 85.5 Å². The second kappa shape index (κ2) is 12.7. The van der Waals surface area contributed by atoms with E-state index >= 15 is 0 Å². The number of hydrogen-bond acceptors (Lipinski definition) is 4. The van der Waals surface area contributed by atoms with Gasteiger partial charge in [-0.05, 0) is 28.8 Å². The highest BCUT2D eigenvalue weighted by molar-refractivity contribution is 5.94. The fourth-order valence-corrected chi connectivity index (χ4v) is 4.16. The maximum Gasteiger partial charge on any atom is 0.319 e. The average molecular weight is 472 g/mol. The second-order valence-electron chi connectivity index (χ2n) is 8.67. The Balaban J connectivity index is 1.34. The summed E-state index contributed by atoms with van der Waals surface area (Å²) in [6, 6.07) is 26.4. The fraction of sp³-hybridized carbons (Fsp3) is 0.286. The number of rotatable bonds is 9. The molecule has 3 aromatic carbocycles. The number of hydrogen-bond donors (Lipinski definition) is 4. The van der Waals surface area contributed by atoms with E-state index in [1.54, 1.807) is 0 Å². The van der Waals surface area contributed by atoms with Gasteiger partial charge in [0.05, 0.1) is 0 Å². The Labute approximate surface area is 206 Å². The van der Waals surface area contributed by atoms with Gasteiger partial charge >= 0.3 is 6.03 Å². The number of nitrogens with zero attached hydrogens (tertiary/aromatic N) is 1. The Kier molecular flexibility index (Phi) is 8.86. The number of urea groups is 1. The van der Waals surface area contributed by atoms with Crippen LogP contribution in [0.15, 0.2) is 84.9 Å². The van der Waals surface area contributed by atoms with E-state index in [2.05, 4.69) is 26.2 Å². The zero-order valence-electron chi connectivity index (χ0n) is 19.9. The standard InChI is InChI=1S/C28H33N5O2/c34-27(30-17-20-33-18-15-29-16-19-33)26(21-22-7-3-1-4-8-22)32-28(35)31-25-13-11-24(12-14-25)23-9-5-2-6-10-23/h1-14,26,29H,15-21H2,(H,30,34)(H2,31,32,35). The SMILES string of the molecule is O=C(Nc1ccc(-c2ccccc2)cc1)NC(Cc1ccccc1)C(=O)NCCN1CCNCC1. The molecular formula is C28H33N5O2. The van der Waals surface area contributed by atoms with Crippen LogP contribution in [0.2, 0.25) is 0 Å². The van der Waals surface area contributed by atoms with Gasteiger partial charge in [0.1, 0.15) is 6.04 Å². The maximum atomic E-state index is 13.0. The minimum absolute atomic E-state index is 0.182. The van der Waals surface area contributed by atoms with Crippen molar-refractivity contribution in [3.8, 4) is 11.1 Å². The van der Waals surface area contributed by atoms with E-state index in [0.29, 0.717) is 18.7 Å². The molecule has 7 nitrogen and oxygen atoms in total. The molecule has 0 radical (unpaired) electrons. The summed E-state index contributed by atoms with van der Waals surface area (Å²) in [6.45, 7) is 5.25. The zero-order chi connectivity index (χ0) is 24.3. The van der Waals surface area contributed by atoms with Crippen molar-refractivity contribution >= 4 is 17.6 Å². The highest BCUT2D eigenvalue weighted by Crippen LogP contribution is 2.21. The Bertz CT molecular complexity index is 1070. The van der Waals surface area contributed by atoms with Crippen molar-refractivity contribution in [2.45, 2.75) is 12.5 Å². The molecule has 1 atom stereocenters. The van der Waals surface area contributed by atoms with E-state index < -0.39 is 12.1 Å². The van der Waals surface area contributed by atoms with Gasteiger partial charge in [-0.1, -0.05) is 72.8 Å². The van der Waals surface area contributed by atoms with Crippen LogP contribution in [0.5, 0.6) is 0 Å². The summed E-state index contributed by atoms with van der Waals surface area (Å²) in [7, 11) is 0. The summed E-state index contributed by atoms with van der Waals surface area (Å²) >= 11 is 0. The van der Waals surface area contributed by atoms with Crippen LogP contribution in [0.1, 0.15) is 5.56 Å². The predicted octanol–water partition coefficient (Wildman–Crippen LogP) is 3.11. The van der Waals surface area contributed by atoms with Gasteiger partial charge in [0.15, 0.2) is 0 Å². The molecule has 0 aliphatic carbocycles. The molecule has 0 bridgehead atoms. The summed E-state index contributed by atoms with van der Waals surface area (Å²) in [5.41, 5.74) is 3.84. The highest BCUT2D eigenvalue weighted by atomic mass is 16.2. The van der Waals surface area contributed by atoms with Crippen LogP contribution in [0.3, 0.4) is 0 Å². The van der Waals surface area contributed by atoms with Crippen molar-refractivity contribution in [2.75, 3.05) is 44.6 Å². The lowest BCUT2D eigenvalue weighted by molar-refractivity contribution is -0.122. The van der Waals surface area contributed by atoms with E-state index in [0.717, 1.165) is 49.4 Å². The van der Waals surface area contributed by atoms with Crippen LogP contribution in [0.25, 0.3) is 11.1 Å². The molecule has 0 aromatic heterocycles. The summed E-state index contributed by atoms with van der Waals surface area (Å²) in [6.07, 6.45) is 0.417. The zero-order valence-corrected chi connectivity index (χ0v) is 19.9. The molecular weight excluding hydrogens is 438 g/mol. The molecule has 1 aliphatic heterocycles. The lowest BCUT2D eigenvalue weighted by atomic mass is 10.1. The van der Waals surface area contributed by atoms with Crippen LogP contribution in [0.4, 0.5) is 10.5 Å². The van der Waals surface area contributed by atoms with Crippen LogP contribution in [0, 0.1) is 0 Å². The number of benzene rings is 3. The quantitative estimate of drug-likeness (QED) is 0.386. The van der Waals surface area contributed by atoms with Gasteiger partial charge in [-0.25, -0.2) is 4.79 Å². The third-order valence-corrected chi connectivity index (χ3v) is 6.09. The van der Waals surface area contributed by atoms with Gasteiger partial charge in [-0.3, -0.25) is 9.69 Å². The first-order valence-electron chi connectivity index (χ1n) is 12.1. The largest absolute Gasteiger partial charge is 0.353 e. The number of nitrogens with one attached hydrogen (secondary N) is 4. The third kappa shape index (κ3) is 7.67. The molecule has 1 unspecified atom stereocenters. The maximum absolute atomic E-state index is 13.0. The number of amides is 3.